The molecule has 2 atom stereocenters. The van der Waals surface area contributed by atoms with E-state index >= 15 is 0 Å². The van der Waals surface area contributed by atoms with Crippen LogP contribution in [0.5, 0.6) is 0 Å². The molecule has 13 heavy (non-hydrogen) atoms. The summed E-state index contributed by atoms with van der Waals surface area (Å²) in [5.41, 5.74) is 1.38. The van der Waals surface area contributed by atoms with Crippen molar-refractivity contribution in [2.24, 2.45) is 16.9 Å². The van der Waals surface area contributed by atoms with Crippen molar-refractivity contribution in [3.05, 3.63) is 0 Å². The van der Waals surface area contributed by atoms with Gasteiger partial charge in [0.05, 0.1) is 26.3 Å². The van der Waals surface area contributed by atoms with Crippen LogP contribution in [0, 0.1) is 11.8 Å². The highest BCUT2D eigenvalue weighted by Gasteiger charge is 2.30. The Kier molecular flexibility index (Phi) is 2.54. The predicted molar refractivity (Wildman–Crippen MR) is 52.8 cm³/mol. The number of hydrazone groups is 1. The van der Waals surface area contributed by atoms with Crippen molar-refractivity contribution in [2.45, 2.75) is 20.3 Å². The molecule has 2 rings (SSSR count). The third-order valence-electron chi connectivity index (χ3n) is 3.17. The Hall–Kier alpha value is -0.570. The lowest BCUT2D eigenvalue weighted by Gasteiger charge is -2.35. The molecule has 0 N–H and O–H groups in total. The van der Waals surface area contributed by atoms with Crippen LogP contribution in [-0.2, 0) is 4.74 Å². The van der Waals surface area contributed by atoms with Crippen LogP contribution in [0.2, 0.25) is 0 Å². The van der Waals surface area contributed by atoms with E-state index in [0.717, 1.165) is 32.2 Å². The molecule has 3 nitrogen and oxygen atoms in total. The molecule has 0 spiro atoms. The molecule has 0 aromatic rings. The van der Waals surface area contributed by atoms with Crippen LogP contribution in [0.3, 0.4) is 0 Å². The highest BCUT2D eigenvalue weighted by Crippen LogP contribution is 2.30. The second-order valence-electron chi connectivity index (χ2n) is 4.13. The lowest BCUT2D eigenvalue weighted by atomic mass is 9.74. The Morgan fingerprint density at radius 3 is 2.54 bits per heavy atom. The van der Waals surface area contributed by atoms with Crippen molar-refractivity contribution < 1.29 is 4.74 Å². The molecule has 0 amide bonds. The highest BCUT2D eigenvalue weighted by atomic mass is 16.5. The molecule has 3 heteroatoms. The smallest absolute Gasteiger partial charge is 0.0659 e. The van der Waals surface area contributed by atoms with Crippen LogP contribution < -0.4 is 0 Å². The molecular weight excluding hydrogens is 164 g/mol. The fourth-order valence-electron chi connectivity index (χ4n) is 1.83. The van der Waals surface area contributed by atoms with E-state index in [1.165, 1.54) is 12.1 Å². The van der Waals surface area contributed by atoms with Gasteiger partial charge < -0.3 is 4.74 Å². The molecule has 1 aliphatic heterocycles. The molecule has 2 fully saturated rings. The standard InChI is InChI=1S/C10H18N2O/c1-8-7-10(9(8)2)11-12-3-5-13-6-4-12/h8-9H,3-7H2,1-2H3/b11-10-. The zero-order chi connectivity index (χ0) is 9.26. The average Bonchev–Trinajstić information content (AvgIpc) is 2.19. The SMILES string of the molecule is CC1C/C(=N/N2CCOCC2)C1C. The first-order valence-corrected chi connectivity index (χ1v) is 5.17. The van der Waals surface area contributed by atoms with Crippen molar-refractivity contribution >= 4 is 5.71 Å². The van der Waals surface area contributed by atoms with Gasteiger partial charge in [-0.1, -0.05) is 13.8 Å². The van der Waals surface area contributed by atoms with Gasteiger partial charge in [-0.2, -0.15) is 5.10 Å². The first kappa shape index (κ1) is 9.00. The number of hydrogen-bond acceptors (Lipinski definition) is 3. The average molecular weight is 182 g/mol. The summed E-state index contributed by atoms with van der Waals surface area (Å²) >= 11 is 0. The van der Waals surface area contributed by atoms with Gasteiger partial charge in [-0.25, -0.2) is 0 Å². The number of ether oxygens (including phenoxy) is 1. The van der Waals surface area contributed by atoms with Crippen molar-refractivity contribution in [1.82, 2.24) is 5.01 Å². The summed E-state index contributed by atoms with van der Waals surface area (Å²) in [6.07, 6.45) is 1.19. The van der Waals surface area contributed by atoms with Gasteiger partial charge in [-0.05, 0) is 18.3 Å². The summed E-state index contributed by atoms with van der Waals surface area (Å²) in [4.78, 5) is 0. The Labute approximate surface area is 79.8 Å². The molecule has 0 radical (unpaired) electrons. The number of nitrogens with zero attached hydrogens (tertiary/aromatic N) is 2. The van der Waals surface area contributed by atoms with Gasteiger partial charge in [0.25, 0.3) is 0 Å². The third kappa shape index (κ3) is 1.85. The minimum atomic E-state index is 0.697. The summed E-state index contributed by atoms with van der Waals surface area (Å²) in [5, 5.41) is 6.80. The molecule has 0 aromatic heterocycles. The summed E-state index contributed by atoms with van der Waals surface area (Å²) in [6, 6.07) is 0. The predicted octanol–water partition coefficient (Wildman–Crippen LogP) is 1.35. The van der Waals surface area contributed by atoms with Crippen molar-refractivity contribution in [2.75, 3.05) is 26.3 Å². The quantitative estimate of drug-likeness (QED) is 0.611. The molecule has 1 saturated heterocycles. The molecule has 74 valence electrons. The highest BCUT2D eigenvalue weighted by molar-refractivity contribution is 5.92. The fraction of sp³-hybridized carbons (Fsp3) is 0.900. The summed E-state index contributed by atoms with van der Waals surface area (Å²) in [5.74, 6) is 1.53. The molecule has 0 aromatic carbocycles. The molecule has 2 aliphatic rings. The van der Waals surface area contributed by atoms with Gasteiger partial charge in [-0.3, -0.25) is 5.01 Å². The molecule has 1 heterocycles. The maximum atomic E-state index is 5.27. The largest absolute Gasteiger partial charge is 0.378 e. The van der Waals surface area contributed by atoms with E-state index in [2.05, 4.69) is 24.0 Å². The van der Waals surface area contributed by atoms with Gasteiger partial charge in [-0.15, -0.1) is 0 Å². The lowest BCUT2D eigenvalue weighted by molar-refractivity contribution is 0.0383. The van der Waals surface area contributed by atoms with E-state index in [0.29, 0.717) is 5.92 Å². The number of rotatable bonds is 1. The minimum absolute atomic E-state index is 0.697. The zero-order valence-electron chi connectivity index (χ0n) is 8.49. The summed E-state index contributed by atoms with van der Waals surface area (Å²) in [7, 11) is 0. The molecule has 1 aliphatic carbocycles. The van der Waals surface area contributed by atoms with Crippen molar-refractivity contribution in [1.29, 1.82) is 0 Å². The minimum Gasteiger partial charge on any atom is -0.378 e. The summed E-state index contributed by atoms with van der Waals surface area (Å²) in [6.45, 7) is 8.16. The Morgan fingerprint density at radius 2 is 2.00 bits per heavy atom. The zero-order valence-corrected chi connectivity index (χ0v) is 8.49. The Morgan fingerprint density at radius 1 is 1.31 bits per heavy atom. The second kappa shape index (κ2) is 3.66. The number of morpholine rings is 1. The maximum Gasteiger partial charge on any atom is 0.0659 e. The van der Waals surface area contributed by atoms with E-state index in [1.54, 1.807) is 0 Å². The third-order valence-corrected chi connectivity index (χ3v) is 3.17. The number of hydrogen-bond donors (Lipinski definition) is 0. The van der Waals surface area contributed by atoms with Crippen molar-refractivity contribution in [3.63, 3.8) is 0 Å². The van der Waals surface area contributed by atoms with Gasteiger partial charge in [0, 0.05) is 5.71 Å². The Bertz CT molecular complexity index is 209. The first-order valence-electron chi connectivity index (χ1n) is 5.17. The van der Waals surface area contributed by atoms with Crippen LogP contribution in [0.25, 0.3) is 0 Å². The van der Waals surface area contributed by atoms with Crippen LogP contribution in [-0.4, -0.2) is 37.0 Å². The first-order chi connectivity index (χ1) is 6.27. The summed E-state index contributed by atoms with van der Waals surface area (Å²) < 4.78 is 5.27. The normalized spacial score (nSPS) is 37.7. The van der Waals surface area contributed by atoms with Crippen LogP contribution >= 0.6 is 0 Å². The molecule has 2 unspecified atom stereocenters. The van der Waals surface area contributed by atoms with Gasteiger partial charge >= 0.3 is 0 Å². The monoisotopic (exact) mass is 182 g/mol. The van der Waals surface area contributed by atoms with E-state index in [4.69, 9.17) is 4.74 Å². The van der Waals surface area contributed by atoms with E-state index in [1.807, 2.05) is 0 Å². The van der Waals surface area contributed by atoms with Gasteiger partial charge in [0.2, 0.25) is 0 Å². The van der Waals surface area contributed by atoms with Crippen LogP contribution in [0.15, 0.2) is 5.10 Å². The van der Waals surface area contributed by atoms with Crippen LogP contribution in [0.4, 0.5) is 0 Å². The lowest BCUT2D eigenvalue weighted by Crippen LogP contribution is -2.38. The van der Waals surface area contributed by atoms with E-state index in [9.17, 15) is 0 Å². The topological polar surface area (TPSA) is 24.8 Å². The fourth-order valence-corrected chi connectivity index (χ4v) is 1.83. The maximum absolute atomic E-state index is 5.27. The molecule has 0 bridgehead atoms. The van der Waals surface area contributed by atoms with Crippen molar-refractivity contribution in [3.8, 4) is 0 Å². The molecular formula is C10H18N2O. The second-order valence-corrected chi connectivity index (χ2v) is 4.13. The van der Waals surface area contributed by atoms with Gasteiger partial charge in [0.15, 0.2) is 0 Å². The van der Waals surface area contributed by atoms with E-state index < -0.39 is 0 Å². The molecule has 1 saturated carbocycles. The Balaban J connectivity index is 1.88. The van der Waals surface area contributed by atoms with Crippen LogP contribution in [0.1, 0.15) is 20.3 Å². The van der Waals surface area contributed by atoms with E-state index in [-0.39, 0.29) is 0 Å². The van der Waals surface area contributed by atoms with Gasteiger partial charge in [0.1, 0.15) is 0 Å².